The van der Waals surface area contributed by atoms with Crippen LogP contribution in [0.1, 0.15) is 39.5 Å². The Morgan fingerprint density at radius 1 is 1.31 bits per heavy atom. The molecule has 1 fully saturated rings. The first-order valence-electron chi connectivity index (χ1n) is 6.65. The third-order valence-electron chi connectivity index (χ3n) is 3.83. The number of nitrogens with zero attached hydrogens (tertiary/aromatic N) is 1. The molecule has 3 nitrogen and oxygen atoms in total. The fourth-order valence-corrected chi connectivity index (χ4v) is 2.58. The standard InChI is InChI=1S/C13H27NO2/c1-4-11-6-7-13(15)12(10-11)14(3)8-9-16-5-2/h11-13,15H,4-10H2,1-3H3. The molecule has 3 unspecified atom stereocenters. The van der Waals surface area contributed by atoms with Crippen molar-refractivity contribution >= 4 is 0 Å². The Labute approximate surface area is 99.8 Å². The lowest BCUT2D eigenvalue weighted by Gasteiger charge is -2.38. The van der Waals surface area contributed by atoms with Crippen LogP contribution in [0.3, 0.4) is 0 Å². The second-order valence-electron chi connectivity index (χ2n) is 4.90. The van der Waals surface area contributed by atoms with E-state index in [0.29, 0.717) is 6.04 Å². The maximum Gasteiger partial charge on any atom is 0.0695 e. The minimum Gasteiger partial charge on any atom is -0.391 e. The predicted octanol–water partition coefficient (Wildman–Crippen LogP) is 1.89. The molecule has 0 heterocycles. The van der Waals surface area contributed by atoms with E-state index in [4.69, 9.17) is 4.74 Å². The van der Waals surface area contributed by atoms with Crippen molar-refractivity contribution in [3.05, 3.63) is 0 Å². The molecule has 16 heavy (non-hydrogen) atoms. The number of rotatable bonds is 6. The number of likely N-dealkylation sites (N-methyl/N-ethyl adjacent to an activating group) is 1. The van der Waals surface area contributed by atoms with Gasteiger partial charge in [0.15, 0.2) is 0 Å². The van der Waals surface area contributed by atoms with E-state index in [2.05, 4.69) is 18.9 Å². The Hall–Kier alpha value is -0.120. The molecule has 1 aliphatic rings. The molecule has 0 aromatic carbocycles. The zero-order valence-electron chi connectivity index (χ0n) is 11.0. The van der Waals surface area contributed by atoms with Gasteiger partial charge in [-0.2, -0.15) is 0 Å². The van der Waals surface area contributed by atoms with Gasteiger partial charge in [0, 0.05) is 19.2 Å². The maximum atomic E-state index is 10.0. The van der Waals surface area contributed by atoms with Gasteiger partial charge in [-0.3, -0.25) is 4.90 Å². The smallest absolute Gasteiger partial charge is 0.0695 e. The molecule has 96 valence electrons. The van der Waals surface area contributed by atoms with E-state index in [-0.39, 0.29) is 6.10 Å². The molecule has 0 radical (unpaired) electrons. The Morgan fingerprint density at radius 2 is 2.06 bits per heavy atom. The molecule has 1 N–H and O–H groups in total. The molecular formula is C13H27NO2. The summed E-state index contributed by atoms with van der Waals surface area (Å²) >= 11 is 0. The summed E-state index contributed by atoms with van der Waals surface area (Å²) in [5, 5.41) is 10.0. The van der Waals surface area contributed by atoms with Crippen LogP contribution >= 0.6 is 0 Å². The van der Waals surface area contributed by atoms with Gasteiger partial charge in [-0.25, -0.2) is 0 Å². The minimum absolute atomic E-state index is 0.144. The molecule has 3 heteroatoms. The lowest BCUT2D eigenvalue weighted by Crippen LogP contribution is -2.46. The first-order valence-corrected chi connectivity index (χ1v) is 6.65. The van der Waals surface area contributed by atoms with Crippen molar-refractivity contribution in [1.82, 2.24) is 4.90 Å². The Balaban J connectivity index is 2.36. The van der Waals surface area contributed by atoms with Crippen molar-refractivity contribution < 1.29 is 9.84 Å². The third-order valence-corrected chi connectivity index (χ3v) is 3.83. The average Bonchev–Trinajstić information content (AvgIpc) is 2.30. The predicted molar refractivity (Wildman–Crippen MR) is 66.5 cm³/mol. The lowest BCUT2D eigenvalue weighted by atomic mass is 9.82. The molecule has 3 atom stereocenters. The number of aliphatic hydroxyl groups excluding tert-OH is 1. The topological polar surface area (TPSA) is 32.7 Å². The molecular weight excluding hydrogens is 202 g/mol. The van der Waals surface area contributed by atoms with E-state index in [1.54, 1.807) is 0 Å². The number of hydrogen-bond donors (Lipinski definition) is 1. The molecule has 1 aliphatic carbocycles. The van der Waals surface area contributed by atoms with E-state index in [1.807, 2.05) is 6.92 Å². The molecule has 0 spiro atoms. The Morgan fingerprint density at radius 3 is 2.69 bits per heavy atom. The minimum atomic E-state index is -0.144. The van der Waals surface area contributed by atoms with Crippen LogP contribution in [0.25, 0.3) is 0 Å². The second-order valence-corrected chi connectivity index (χ2v) is 4.90. The van der Waals surface area contributed by atoms with Crippen LogP contribution in [0.2, 0.25) is 0 Å². The van der Waals surface area contributed by atoms with Crippen molar-refractivity contribution in [1.29, 1.82) is 0 Å². The number of hydrogen-bond acceptors (Lipinski definition) is 3. The van der Waals surface area contributed by atoms with E-state index in [1.165, 1.54) is 12.8 Å². The molecule has 0 aliphatic heterocycles. The Kier molecular flexibility index (Phi) is 6.32. The summed E-state index contributed by atoms with van der Waals surface area (Å²) in [7, 11) is 2.10. The van der Waals surface area contributed by atoms with Gasteiger partial charge in [-0.05, 0) is 39.2 Å². The second kappa shape index (κ2) is 7.25. The van der Waals surface area contributed by atoms with Crippen molar-refractivity contribution in [3.63, 3.8) is 0 Å². The molecule has 1 rings (SSSR count). The molecule has 0 saturated heterocycles. The van der Waals surface area contributed by atoms with Crippen molar-refractivity contribution in [2.45, 2.75) is 51.7 Å². The van der Waals surface area contributed by atoms with Crippen LogP contribution in [0, 0.1) is 5.92 Å². The monoisotopic (exact) mass is 229 g/mol. The number of ether oxygens (including phenoxy) is 1. The fourth-order valence-electron chi connectivity index (χ4n) is 2.58. The lowest BCUT2D eigenvalue weighted by molar-refractivity contribution is 0.00236. The van der Waals surface area contributed by atoms with Gasteiger partial charge in [0.2, 0.25) is 0 Å². The van der Waals surface area contributed by atoms with Gasteiger partial charge in [0.1, 0.15) is 0 Å². The normalized spacial score (nSPS) is 30.9. The van der Waals surface area contributed by atoms with Crippen LogP contribution in [0.5, 0.6) is 0 Å². The maximum absolute atomic E-state index is 10.0. The highest BCUT2D eigenvalue weighted by atomic mass is 16.5. The van der Waals surface area contributed by atoms with Crippen LogP contribution < -0.4 is 0 Å². The molecule has 0 aromatic rings. The highest BCUT2D eigenvalue weighted by Crippen LogP contribution is 2.29. The summed E-state index contributed by atoms with van der Waals surface area (Å²) in [6.07, 6.45) is 4.38. The first-order chi connectivity index (χ1) is 7.69. The quantitative estimate of drug-likeness (QED) is 0.706. The van der Waals surface area contributed by atoms with Crippen molar-refractivity contribution in [2.24, 2.45) is 5.92 Å². The molecule has 0 bridgehead atoms. The SMILES string of the molecule is CCOCCN(C)C1CC(CC)CCC1O. The van der Waals surface area contributed by atoms with Crippen molar-refractivity contribution in [3.8, 4) is 0 Å². The summed E-state index contributed by atoms with van der Waals surface area (Å²) in [6.45, 7) is 6.74. The Bertz CT molecular complexity index is 187. The van der Waals surface area contributed by atoms with Gasteiger partial charge in [-0.15, -0.1) is 0 Å². The summed E-state index contributed by atoms with van der Waals surface area (Å²) < 4.78 is 5.36. The van der Waals surface area contributed by atoms with Crippen LogP contribution in [-0.4, -0.2) is 49.0 Å². The molecule has 0 amide bonds. The summed E-state index contributed by atoms with van der Waals surface area (Å²) in [5.74, 6) is 0.794. The fraction of sp³-hybridized carbons (Fsp3) is 1.00. The van der Waals surface area contributed by atoms with E-state index < -0.39 is 0 Å². The van der Waals surface area contributed by atoms with Crippen LogP contribution in [0.15, 0.2) is 0 Å². The van der Waals surface area contributed by atoms with Crippen LogP contribution in [-0.2, 0) is 4.74 Å². The molecule has 1 saturated carbocycles. The van der Waals surface area contributed by atoms with E-state index in [0.717, 1.165) is 38.5 Å². The zero-order valence-corrected chi connectivity index (χ0v) is 11.0. The largest absolute Gasteiger partial charge is 0.391 e. The van der Waals surface area contributed by atoms with Gasteiger partial charge in [0.05, 0.1) is 12.7 Å². The third kappa shape index (κ3) is 4.04. The average molecular weight is 229 g/mol. The highest BCUT2D eigenvalue weighted by molar-refractivity contribution is 4.85. The number of aliphatic hydroxyl groups is 1. The highest BCUT2D eigenvalue weighted by Gasteiger charge is 2.30. The van der Waals surface area contributed by atoms with Gasteiger partial charge in [-0.1, -0.05) is 13.3 Å². The van der Waals surface area contributed by atoms with Gasteiger partial charge < -0.3 is 9.84 Å². The summed E-state index contributed by atoms with van der Waals surface area (Å²) in [4.78, 5) is 2.27. The van der Waals surface area contributed by atoms with Gasteiger partial charge in [0.25, 0.3) is 0 Å². The van der Waals surface area contributed by atoms with E-state index >= 15 is 0 Å². The van der Waals surface area contributed by atoms with Gasteiger partial charge >= 0.3 is 0 Å². The molecule has 0 aromatic heterocycles. The first kappa shape index (κ1) is 13.9. The van der Waals surface area contributed by atoms with E-state index in [9.17, 15) is 5.11 Å². The summed E-state index contributed by atoms with van der Waals surface area (Å²) in [6, 6.07) is 0.333. The zero-order chi connectivity index (χ0) is 12.0. The van der Waals surface area contributed by atoms with Crippen LogP contribution in [0.4, 0.5) is 0 Å². The van der Waals surface area contributed by atoms with Crippen molar-refractivity contribution in [2.75, 3.05) is 26.8 Å². The summed E-state index contributed by atoms with van der Waals surface area (Å²) in [5.41, 5.74) is 0.